The molecule has 1 heterocycles. The third kappa shape index (κ3) is 2.61. The normalized spacial score (nSPS) is 10.6. The SMILES string of the molecule is CCn1c(-c2ccc(OC)c(C)c2)ccc(CS)c1=O. The van der Waals surface area contributed by atoms with Gasteiger partial charge >= 0.3 is 0 Å². The number of thiol groups is 1. The maximum absolute atomic E-state index is 12.3. The minimum Gasteiger partial charge on any atom is -0.496 e. The zero-order chi connectivity index (χ0) is 14.7. The molecule has 0 aliphatic rings. The Morgan fingerprint density at radius 2 is 2.00 bits per heavy atom. The molecule has 0 amide bonds. The van der Waals surface area contributed by atoms with Crippen LogP contribution in [0.4, 0.5) is 0 Å². The van der Waals surface area contributed by atoms with Crippen LogP contribution in [-0.2, 0) is 12.3 Å². The summed E-state index contributed by atoms with van der Waals surface area (Å²) < 4.78 is 7.06. The summed E-state index contributed by atoms with van der Waals surface area (Å²) in [5, 5.41) is 0. The number of benzene rings is 1. The Kier molecular flexibility index (Phi) is 4.55. The minimum absolute atomic E-state index is 0.0356. The fraction of sp³-hybridized carbons (Fsp3) is 0.312. The molecule has 4 heteroatoms. The second-order valence-electron chi connectivity index (χ2n) is 4.64. The number of methoxy groups -OCH3 is 1. The zero-order valence-corrected chi connectivity index (χ0v) is 12.9. The molecule has 0 bridgehead atoms. The first-order chi connectivity index (χ1) is 9.62. The van der Waals surface area contributed by atoms with Crippen molar-refractivity contribution in [2.24, 2.45) is 0 Å². The summed E-state index contributed by atoms with van der Waals surface area (Å²) in [6.45, 7) is 4.61. The molecule has 106 valence electrons. The van der Waals surface area contributed by atoms with Gasteiger partial charge in [-0.1, -0.05) is 6.07 Å². The zero-order valence-electron chi connectivity index (χ0n) is 12.0. The third-order valence-corrected chi connectivity index (χ3v) is 3.77. The number of ether oxygens (including phenoxy) is 1. The van der Waals surface area contributed by atoms with E-state index < -0.39 is 0 Å². The van der Waals surface area contributed by atoms with Crippen molar-refractivity contribution in [1.29, 1.82) is 0 Å². The first kappa shape index (κ1) is 14.7. The first-order valence-electron chi connectivity index (χ1n) is 6.61. The van der Waals surface area contributed by atoms with E-state index in [1.807, 2.05) is 44.2 Å². The number of aromatic nitrogens is 1. The second-order valence-corrected chi connectivity index (χ2v) is 4.95. The molecular formula is C16H19NO2S. The molecule has 0 saturated heterocycles. The van der Waals surface area contributed by atoms with E-state index in [0.717, 1.165) is 28.1 Å². The summed E-state index contributed by atoms with van der Waals surface area (Å²) in [5.41, 5.74) is 3.76. The first-order valence-corrected chi connectivity index (χ1v) is 7.24. The molecule has 0 fully saturated rings. The quantitative estimate of drug-likeness (QED) is 0.876. The van der Waals surface area contributed by atoms with Crippen LogP contribution in [0.3, 0.4) is 0 Å². The predicted octanol–water partition coefficient (Wildman–Crippen LogP) is 3.28. The Morgan fingerprint density at radius 1 is 1.25 bits per heavy atom. The molecule has 3 nitrogen and oxygen atoms in total. The summed E-state index contributed by atoms with van der Waals surface area (Å²) >= 11 is 4.20. The molecule has 0 aliphatic heterocycles. The van der Waals surface area contributed by atoms with Gasteiger partial charge in [-0.25, -0.2) is 0 Å². The highest BCUT2D eigenvalue weighted by Gasteiger charge is 2.10. The van der Waals surface area contributed by atoms with E-state index in [-0.39, 0.29) is 5.56 Å². The van der Waals surface area contributed by atoms with Crippen molar-refractivity contribution in [1.82, 2.24) is 4.57 Å². The third-order valence-electron chi connectivity index (χ3n) is 3.43. The Morgan fingerprint density at radius 3 is 2.55 bits per heavy atom. The largest absolute Gasteiger partial charge is 0.496 e. The lowest BCUT2D eigenvalue weighted by atomic mass is 10.1. The fourth-order valence-corrected chi connectivity index (χ4v) is 2.59. The van der Waals surface area contributed by atoms with Crippen molar-refractivity contribution in [2.75, 3.05) is 7.11 Å². The van der Waals surface area contributed by atoms with E-state index in [0.29, 0.717) is 12.3 Å². The summed E-state index contributed by atoms with van der Waals surface area (Å²) in [6.07, 6.45) is 0. The maximum Gasteiger partial charge on any atom is 0.255 e. The van der Waals surface area contributed by atoms with Crippen LogP contribution in [0.5, 0.6) is 5.75 Å². The topological polar surface area (TPSA) is 31.2 Å². The van der Waals surface area contributed by atoms with E-state index >= 15 is 0 Å². The monoisotopic (exact) mass is 289 g/mol. The summed E-state index contributed by atoms with van der Waals surface area (Å²) in [4.78, 5) is 12.3. The van der Waals surface area contributed by atoms with Crippen molar-refractivity contribution in [3.8, 4) is 17.0 Å². The van der Waals surface area contributed by atoms with Gasteiger partial charge in [-0.3, -0.25) is 4.79 Å². The van der Waals surface area contributed by atoms with Gasteiger partial charge in [0.25, 0.3) is 5.56 Å². The van der Waals surface area contributed by atoms with E-state index in [9.17, 15) is 4.79 Å². The van der Waals surface area contributed by atoms with Crippen molar-refractivity contribution < 1.29 is 4.74 Å². The van der Waals surface area contributed by atoms with Crippen LogP contribution < -0.4 is 10.3 Å². The summed E-state index contributed by atoms with van der Waals surface area (Å²) in [7, 11) is 1.66. The van der Waals surface area contributed by atoms with Crippen LogP contribution in [0.1, 0.15) is 18.1 Å². The number of rotatable bonds is 4. The van der Waals surface area contributed by atoms with Crippen molar-refractivity contribution >= 4 is 12.6 Å². The van der Waals surface area contributed by atoms with Gasteiger partial charge in [0.15, 0.2) is 0 Å². The summed E-state index contributed by atoms with van der Waals surface area (Å²) in [5.74, 6) is 1.31. The van der Waals surface area contributed by atoms with Gasteiger partial charge in [0.1, 0.15) is 5.75 Å². The van der Waals surface area contributed by atoms with E-state index in [4.69, 9.17) is 4.74 Å². The molecule has 0 unspecified atom stereocenters. The molecule has 0 saturated carbocycles. The molecule has 2 rings (SSSR count). The molecule has 20 heavy (non-hydrogen) atoms. The van der Waals surface area contributed by atoms with Crippen molar-refractivity contribution in [3.63, 3.8) is 0 Å². The standard InChI is InChI=1S/C16H19NO2S/c1-4-17-14(7-5-13(10-20)16(17)18)12-6-8-15(19-3)11(2)9-12/h5-9,20H,4,10H2,1-3H3. The Balaban J connectivity index is 2.61. The van der Waals surface area contributed by atoms with Gasteiger partial charge in [-0.15, -0.1) is 0 Å². The molecule has 0 N–H and O–H groups in total. The van der Waals surface area contributed by atoms with Gasteiger partial charge in [0, 0.05) is 17.9 Å². The van der Waals surface area contributed by atoms with Crippen LogP contribution in [0.15, 0.2) is 35.1 Å². The number of nitrogens with zero attached hydrogens (tertiary/aromatic N) is 1. The average Bonchev–Trinajstić information content (AvgIpc) is 2.46. The van der Waals surface area contributed by atoms with Crippen LogP contribution in [0.25, 0.3) is 11.3 Å². The van der Waals surface area contributed by atoms with Crippen LogP contribution in [-0.4, -0.2) is 11.7 Å². The van der Waals surface area contributed by atoms with E-state index in [2.05, 4.69) is 12.6 Å². The van der Waals surface area contributed by atoms with Gasteiger partial charge in [0.05, 0.1) is 12.8 Å². The molecule has 1 aromatic heterocycles. The highest BCUT2D eigenvalue weighted by Crippen LogP contribution is 2.25. The van der Waals surface area contributed by atoms with Gasteiger partial charge in [-0.05, 0) is 49.2 Å². The highest BCUT2D eigenvalue weighted by molar-refractivity contribution is 7.79. The molecule has 2 aromatic rings. The van der Waals surface area contributed by atoms with Crippen LogP contribution in [0, 0.1) is 6.92 Å². The molecule has 0 aliphatic carbocycles. The average molecular weight is 289 g/mol. The van der Waals surface area contributed by atoms with Gasteiger partial charge < -0.3 is 9.30 Å². The highest BCUT2D eigenvalue weighted by atomic mass is 32.1. The second kappa shape index (κ2) is 6.18. The smallest absolute Gasteiger partial charge is 0.255 e. The lowest BCUT2D eigenvalue weighted by molar-refractivity contribution is 0.412. The Bertz CT molecular complexity index is 677. The minimum atomic E-state index is 0.0356. The van der Waals surface area contributed by atoms with Crippen molar-refractivity contribution in [2.45, 2.75) is 26.1 Å². The lowest BCUT2D eigenvalue weighted by Gasteiger charge is -2.14. The van der Waals surface area contributed by atoms with E-state index in [1.165, 1.54) is 0 Å². The number of hydrogen-bond acceptors (Lipinski definition) is 3. The number of hydrogen-bond donors (Lipinski definition) is 1. The summed E-state index contributed by atoms with van der Waals surface area (Å²) in [6, 6.07) is 9.79. The Labute approximate surface area is 124 Å². The van der Waals surface area contributed by atoms with Gasteiger partial charge in [0.2, 0.25) is 0 Å². The molecule has 1 aromatic carbocycles. The predicted molar refractivity (Wildman–Crippen MR) is 85.8 cm³/mol. The Hall–Kier alpha value is -1.68. The van der Waals surface area contributed by atoms with E-state index in [1.54, 1.807) is 11.7 Å². The molecule has 0 radical (unpaired) electrons. The fourth-order valence-electron chi connectivity index (χ4n) is 2.35. The molecule has 0 spiro atoms. The van der Waals surface area contributed by atoms with Crippen molar-refractivity contribution in [3.05, 3.63) is 51.8 Å². The number of aryl methyl sites for hydroxylation is 1. The van der Waals surface area contributed by atoms with Gasteiger partial charge in [-0.2, -0.15) is 12.6 Å². The number of pyridine rings is 1. The lowest BCUT2D eigenvalue weighted by Crippen LogP contribution is -2.23. The molecular weight excluding hydrogens is 270 g/mol. The molecule has 0 atom stereocenters. The maximum atomic E-state index is 12.3. The van der Waals surface area contributed by atoms with Crippen LogP contribution >= 0.6 is 12.6 Å². The van der Waals surface area contributed by atoms with Crippen LogP contribution in [0.2, 0.25) is 0 Å².